The van der Waals surface area contributed by atoms with Crippen molar-refractivity contribution in [1.82, 2.24) is 15.2 Å². The second-order valence-corrected chi connectivity index (χ2v) is 6.38. The molecule has 0 bridgehead atoms. The van der Waals surface area contributed by atoms with Crippen LogP contribution in [0.25, 0.3) is 0 Å². The van der Waals surface area contributed by atoms with Crippen LogP contribution in [0.5, 0.6) is 0 Å². The average Bonchev–Trinajstić information content (AvgIpc) is 2.93. The van der Waals surface area contributed by atoms with E-state index in [9.17, 15) is 0 Å². The molecule has 1 aromatic rings. The Morgan fingerprint density at radius 3 is 3.00 bits per heavy atom. The molecule has 0 saturated carbocycles. The van der Waals surface area contributed by atoms with Crippen LogP contribution >= 0.6 is 11.8 Å². The number of thioether (sulfide) groups is 1. The fourth-order valence-corrected chi connectivity index (χ4v) is 3.66. The summed E-state index contributed by atoms with van der Waals surface area (Å²) in [5.74, 6) is 2.58. The molecule has 1 aliphatic rings. The van der Waals surface area contributed by atoms with Crippen LogP contribution in [0.15, 0.2) is 18.2 Å². The summed E-state index contributed by atoms with van der Waals surface area (Å²) in [6.45, 7) is 5.09. The van der Waals surface area contributed by atoms with E-state index in [1.165, 1.54) is 30.0 Å². The Morgan fingerprint density at radius 1 is 1.42 bits per heavy atom. The normalized spacial score (nSPS) is 19.2. The highest BCUT2D eigenvalue weighted by Gasteiger charge is 2.20. The highest BCUT2D eigenvalue weighted by molar-refractivity contribution is 7.99. The lowest BCUT2D eigenvalue weighted by Gasteiger charge is -2.23. The molecule has 2 rings (SSSR count). The average molecular weight is 279 g/mol. The molecule has 0 amide bonds. The fourth-order valence-electron chi connectivity index (χ4n) is 2.36. The maximum atomic E-state index is 4.74. The molecule has 2 heterocycles. The van der Waals surface area contributed by atoms with Gasteiger partial charge < -0.3 is 5.32 Å². The first-order chi connectivity index (χ1) is 9.29. The Labute approximate surface area is 121 Å². The Kier molecular flexibility index (Phi) is 6.14. The van der Waals surface area contributed by atoms with E-state index in [0.717, 1.165) is 31.4 Å². The molecule has 1 atom stereocenters. The van der Waals surface area contributed by atoms with Crippen molar-refractivity contribution in [3.05, 3.63) is 29.6 Å². The van der Waals surface area contributed by atoms with E-state index in [1.54, 1.807) is 0 Å². The molecular weight excluding hydrogens is 254 g/mol. The molecule has 1 unspecified atom stereocenters. The van der Waals surface area contributed by atoms with Crippen LogP contribution in [0.4, 0.5) is 0 Å². The van der Waals surface area contributed by atoms with Gasteiger partial charge in [0.25, 0.3) is 0 Å². The lowest BCUT2D eigenvalue weighted by atomic mass is 10.2. The van der Waals surface area contributed by atoms with E-state index in [-0.39, 0.29) is 0 Å². The van der Waals surface area contributed by atoms with Crippen molar-refractivity contribution < 1.29 is 0 Å². The number of pyridine rings is 1. The Morgan fingerprint density at radius 2 is 2.26 bits per heavy atom. The lowest BCUT2D eigenvalue weighted by molar-refractivity contribution is 0.251. The van der Waals surface area contributed by atoms with E-state index >= 15 is 0 Å². The number of rotatable bonds is 7. The van der Waals surface area contributed by atoms with Crippen molar-refractivity contribution in [3.8, 4) is 0 Å². The third-order valence-corrected chi connectivity index (χ3v) is 4.68. The van der Waals surface area contributed by atoms with Gasteiger partial charge in [0.05, 0.1) is 11.4 Å². The van der Waals surface area contributed by atoms with Gasteiger partial charge in [0, 0.05) is 24.9 Å². The quantitative estimate of drug-likeness (QED) is 0.776. The first-order valence-corrected chi connectivity index (χ1v) is 8.38. The minimum absolute atomic E-state index is 0.730. The van der Waals surface area contributed by atoms with Crippen LogP contribution in [-0.2, 0) is 13.1 Å². The molecule has 0 aliphatic carbocycles. The standard InChI is InChI=1S/C15H25N3S/c1-3-8-16-10-13-5-4-6-14(17-13)11-18(2)15-7-9-19-12-15/h4-6,15-16H,3,7-12H2,1-2H3. The number of nitrogens with one attached hydrogen (secondary N) is 1. The van der Waals surface area contributed by atoms with Crippen LogP contribution in [0.3, 0.4) is 0 Å². The van der Waals surface area contributed by atoms with E-state index in [1.807, 2.05) is 0 Å². The van der Waals surface area contributed by atoms with E-state index in [4.69, 9.17) is 4.98 Å². The number of aromatic nitrogens is 1. The molecule has 0 radical (unpaired) electrons. The van der Waals surface area contributed by atoms with Crippen LogP contribution in [0.2, 0.25) is 0 Å². The van der Waals surface area contributed by atoms with Gasteiger partial charge in [-0.2, -0.15) is 11.8 Å². The number of hydrogen-bond acceptors (Lipinski definition) is 4. The summed E-state index contributed by atoms with van der Waals surface area (Å²) in [4.78, 5) is 7.19. The summed E-state index contributed by atoms with van der Waals surface area (Å²) >= 11 is 2.07. The lowest BCUT2D eigenvalue weighted by Crippen LogP contribution is -2.31. The van der Waals surface area contributed by atoms with Crippen molar-refractivity contribution in [3.63, 3.8) is 0 Å². The zero-order valence-electron chi connectivity index (χ0n) is 12.1. The van der Waals surface area contributed by atoms with Crippen LogP contribution in [-0.4, -0.2) is 41.0 Å². The third kappa shape index (κ3) is 4.79. The van der Waals surface area contributed by atoms with Crippen molar-refractivity contribution in [2.45, 2.75) is 38.9 Å². The van der Waals surface area contributed by atoms with Crippen LogP contribution < -0.4 is 5.32 Å². The molecule has 1 fully saturated rings. The molecule has 0 aromatic carbocycles. The highest BCUT2D eigenvalue weighted by Crippen LogP contribution is 2.22. The zero-order chi connectivity index (χ0) is 13.5. The van der Waals surface area contributed by atoms with Gasteiger partial charge in [-0.05, 0) is 44.3 Å². The molecule has 1 N–H and O–H groups in total. The van der Waals surface area contributed by atoms with Crippen molar-refractivity contribution in [2.75, 3.05) is 25.1 Å². The van der Waals surface area contributed by atoms with Gasteiger partial charge in [-0.1, -0.05) is 13.0 Å². The van der Waals surface area contributed by atoms with Gasteiger partial charge in [-0.25, -0.2) is 0 Å². The second kappa shape index (κ2) is 7.88. The Hall–Kier alpha value is -0.580. The highest BCUT2D eigenvalue weighted by atomic mass is 32.2. The predicted molar refractivity (Wildman–Crippen MR) is 83.4 cm³/mol. The maximum absolute atomic E-state index is 4.74. The van der Waals surface area contributed by atoms with Gasteiger partial charge in [-0.3, -0.25) is 9.88 Å². The monoisotopic (exact) mass is 279 g/mol. The molecule has 106 valence electrons. The van der Waals surface area contributed by atoms with E-state index < -0.39 is 0 Å². The van der Waals surface area contributed by atoms with E-state index in [2.05, 4.69) is 54.1 Å². The Balaban J connectivity index is 1.86. The summed E-state index contributed by atoms with van der Waals surface area (Å²) in [6, 6.07) is 7.11. The summed E-state index contributed by atoms with van der Waals surface area (Å²) < 4.78 is 0. The molecular formula is C15H25N3S. The smallest absolute Gasteiger partial charge is 0.0547 e. The fraction of sp³-hybridized carbons (Fsp3) is 0.667. The van der Waals surface area contributed by atoms with Crippen LogP contribution in [0, 0.1) is 0 Å². The Bertz CT molecular complexity index is 377. The minimum Gasteiger partial charge on any atom is -0.311 e. The summed E-state index contributed by atoms with van der Waals surface area (Å²) in [7, 11) is 2.22. The number of nitrogens with zero attached hydrogens (tertiary/aromatic N) is 2. The molecule has 4 heteroatoms. The zero-order valence-corrected chi connectivity index (χ0v) is 12.9. The van der Waals surface area contributed by atoms with Gasteiger partial charge in [0.2, 0.25) is 0 Å². The largest absolute Gasteiger partial charge is 0.311 e. The predicted octanol–water partition coefficient (Wildman–Crippen LogP) is 2.52. The molecule has 1 aliphatic heterocycles. The molecule has 19 heavy (non-hydrogen) atoms. The maximum Gasteiger partial charge on any atom is 0.0547 e. The van der Waals surface area contributed by atoms with Crippen LogP contribution in [0.1, 0.15) is 31.2 Å². The van der Waals surface area contributed by atoms with Gasteiger partial charge in [-0.15, -0.1) is 0 Å². The first-order valence-electron chi connectivity index (χ1n) is 7.23. The van der Waals surface area contributed by atoms with Crippen molar-refractivity contribution in [2.24, 2.45) is 0 Å². The molecule has 1 aromatic heterocycles. The second-order valence-electron chi connectivity index (χ2n) is 5.23. The number of hydrogen-bond donors (Lipinski definition) is 1. The first kappa shape index (κ1) is 14.8. The third-order valence-electron chi connectivity index (χ3n) is 3.54. The van der Waals surface area contributed by atoms with Gasteiger partial charge in [0.15, 0.2) is 0 Å². The van der Waals surface area contributed by atoms with Gasteiger partial charge in [0.1, 0.15) is 0 Å². The summed E-state index contributed by atoms with van der Waals surface area (Å²) in [5.41, 5.74) is 2.34. The molecule has 3 nitrogen and oxygen atoms in total. The molecule has 1 saturated heterocycles. The molecule has 0 spiro atoms. The topological polar surface area (TPSA) is 28.2 Å². The summed E-state index contributed by atoms with van der Waals surface area (Å²) in [6.07, 6.45) is 2.49. The SMILES string of the molecule is CCCNCc1cccc(CN(C)C2CCSC2)n1. The van der Waals surface area contributed by atoms with Crippen molar-refractivity contribution in [1.29, 1.82) is 0 Å². The van der Waals surface area contributed by atoms with Gasteiger partial charge >= 0.3 is 0 Å². The van der Waals surface area contributed by atoms with E-state index in [0.29, 0.717) is 0 Å². The van der Waals surface area contributed by atoms with Crippen molar-refractivity contribution >= 4 is 11.8 Å². The minimum atomic E-state index is 0.730. The summed E-state index contributed by atoms with van der Waals surface area (Å²) in [5, 5.41) is 3.41.